The van der Waals surface area contributed by atoms with E-state index in [1.165, 1.54) is 6.07 Å². The van der Waals surface area contributed by atoms with E-state index in [1.807, 2.05) is 18.2 Å². The first kappa shape index (κ1) is 19.2. The summed E-state index contributed by atoms with van der Waals surface area (Å²) in [6, 6.07) is 11.9. The van der Waals surface area contributed by atoms with Crippen LogP contribution in [0.4, 0.5) is 4.39 Å². The van der Waals surface area contributed by atoms with E-state index < -0.39 is 0 Å². The van der Waals surface area contributed by atoms with Gasteiger partial charge in [0.2, 0.25) is 18.6 Å². The monoisotopic (exact) mass is 398 g/mol. The Bertz CT molecular complexity index is 909. The molecule has 1 saturated heterocycles. The summed E-state index contributed by atoms with van der Waals surface area (Å²) in [5.74, 6) is 0.810. The number of carbonyl (C=O) groups is 2. The highest BCUT2D eigenvalue weighted by Crippen LogP contribution is 2.32. The highest BCUT2D eigenvalue weighted by Gasteiger charge is 2.27. The SMILES string of the molecule is O=C(NCc1ccc2c(c1)OCO2)C1CCN(C(=O)Cc2ccccc2F)CC1. The van der Waals surface area contributed by atoms with Gasteiger partial charge in [-0.2, -0.15) is 0 Å². The fourth-order valence-corrected chi connectivity index (χ4v) is 3.69. The smallest absolute Gasteiger partial charge is 0.231 e. The second-order valence-corrected chi connectivity index (χ2v) is 7.33. The van der Waals surface area contributed by atoms with Gasteiger partial charge in [-0.25, -0.2) is 4.39 Å². The molecule has 6 nitrogen and oxygen atoms in total. The number of piperidine rings is 1. The van der Waals surface area contributed by atoms with Gasteiger partial charge < -0.3 is 19.7 Å². The quantitative estimate of drug-likeness (QED) is 0.841. The van der Waals surface area contributed by atoms with Crippen molar-refractivity contribution in [2.45, 2.75) is 25.8 Å². The minimum absolute atomic E-state index is 0.0103. The zero-order valence-corrected chi connectivity index (χ0v) is 16.0. The number of amides is 2. The van der Waals surface area contributed by atoms with E-state index in [1.54, 1.807) is 23.1 Å². The number of fused-ring (bicyclic) bond motifs is 1. The number of nitrogens with zero attached hydrogens (tertiary/aromatic N) is 1. The maximum Gasteiger partial charge on any atom is 0.231 e. The molecule has 2 amide bonds. The number of ether oxygens (including phenoxy) is 2. The van der Waals surface area contributed by atoms with Crippen molar-refractivity contribution in [3.63, 3.8) is 0 Å². The van der Waals surface area contributed by atoms with Crippen LogP contribution < -0.4 is 14.8 Å². The molecule has 0 aromatic heterocycles. The summed E-state index contributed by atoms with van der Waals surface area (Å²) in [7, 11) is 0. The van der Waals surface area contributed by atoms with Crippen LogP contribution in [-0.2, 0) is 22.6 Å². The molecule has 1 fully saturated rings. The molecule has 2 aliphatic heterocycles. The molecule has 0 aliphatic carbocycles. The van der Waals surface area contributed by atoms with Crippen LogP contribution in [0.3, 0.4) is 0 Å². The topological polar surface area (TPSA) is 67.9 Å². The third kappa shape index (κ3) is 4.50. The lowest BCUT2D eigenvalue weighted by atomic mass is 9.95. The van der Waals surface area contributed by atoms with E-state index >= 15 is 0 Å². The third-order valence-corrected chi connectivity index (χ3v) is 5.42. The zero-order valence-electron chi connectivity index (χ0n) is 16.0. The molecule has 2 aromatic rings. The van der Waals surface area contributed by atoms with Crippen molar-refractivity contribution in [2.75, 3.05) is 19.9 Å². The number of nitrogens with one attached hydrogen (secondary N) is 1. The van der Waals surface area contributed by atoms with E-state index in [-0.39, 0.29) is 36.8 Å². The standard InChI is InChI=1S/C22H23FN2O4/c23-18-4-2-1-3-17(18)12-21(26)25-9-7-16(8-10-25)22(27)24-13-15-5-6-19-20(11-15)29-14-28-19/h1-6,11,16H,7-10,12-14H2,(H,24,27). The van der Waals surface area contributed by atoms with Crippen molar-refractivity contribution >= 4 is 11.8 Å². The van der Waals surface area contributed by atoms with Crippen LogP contribution >= 0.6 is 0 Å². The maximum absolute atomic E-state index is 13.7. The predicted molar refractivity (Wildman–Crippen MR) is 104 cm³/mol. The largest absolute Gasteiger partial charge is 0.454 e. The summed E-state index contributed by atoms with van der Waals surface area (Å²) >= 11 is 0. The maximum atomic E-state index is 13.7. The summed E-state index contributed by atoms with van der Waals surface area (Å²) in [4.78, 5) is 26.7. The molecule has 2 aliphatic rings. The highest BCUT2D eigenvalue weighted by molar-refractivity contribution is 5.81. The first-order valence-electron chi connectivity index (χ1n) is 9.77. The minimum Gasteiger partial charge on any atom is -0.454 e. The van der Waals surface area contributed by atoms with Crippen molar-refractivity contribution in [3.05, 3.63) is 59.4 Å². The van der Waals surface area contributed by atoms with Crippen molar-refractivity contribution in [2.24, 2.45) is 5.92 Å². The number of hydrogen-bond acceptors (Lipinski definition) is 4. The molecule has 152 valence electrons. The lowest BCUT2D eigenvalue weighted by Crippen LogP contribution is -2.43. The first-order valence-corrected chi connectivity index (χ1v) is 9.77. The second-order valence-electron chi connectivity index (χ2n) is 7.33. The van der Waals surface area contributed by atoms with Gasteiger partial charge in [0, 0.05) is 25.6 Å². The third-order valence-electron chi connectivity index (χ3n) is 5.42. The van der Waals surface area contributed by atoms with Crippen molar-refractivity contribution < 1.29 is 23.5 Å². The first-order chi connectivity index (χ1) is 14.1. The van der Waals surface area contributed by atoms with E-state index in [2.05, 4.69) is 5.32 Å². The summed E-state index contributed by atoms with van der Waals surface area (Å²) in [6.45, 7) is 1.66. The van der Waals surface area contributed by atoms with Crippen LogP contribution in [0.25, 0.3) is 0 Å². The molecular weight excluding hydrogens is 375 g/mol. The van der Waals surface area contributed by atoms with E-state index in [0.29, 0.717) is 49.5 Å². The molecule has 7 heteroatoms. The fraction of sp³-hybridized carbons (Fsp3) is 0.364. The van der Waals surface area contributed by atoms with E-state index in [0.717, 1.165) is 5.56 Å². The number of rotatable bonds is 5. The molecule has 0 saturated carbocycles. The number of halogens is 1. The van der Waals surface area contributed by atoms with Crippen molar-refractivity contribution in [3.8, 4) is 11.5 Å². The molecule has 0 atom stereocenters. The number of hydrogen-bond donors (Lipinski definition) is 1. The van der Waals surface area contributed by atoms with Gasteiger partial charge >= 0.3 is 0 Å². The Morgan fingerprint density at radius 3 is 2.62 bits per heavy atom. The number of benzene rings is 2. The van der Waals surface area contributed by atoms with Crippen LogP contribution in [0.2, 0.25) is 0 Å². The van der Waals surface area contributed by atoms with Gasteiger partial charge in [-0.05, 0) is 42.2 Å². The van der Waals surface area contributed by atoms with Crippen molar-refractivity contribution in [1.82, 2.24) is 10.2 Å². The molecule has 0 unspecified atom stereocenters. The number of carbonyl (C=O) groups excluding carboxylic acids is 2. The molecule has 4 rings (SSSR count). The van der Waals surface area contributed by atoms with Gasteiger partial charge in [-0.15, -0.1) is 0 Å². The Hall–Kier alpha value is -3.09. The zero-order chi connectivity index (χ0) is 20.2. The number of likely N-dealkylation sites (tertiary alicyclic amines) is 1. The van der Waals surface area contributed by atoms with Gasteiger partial charge in [0.1, 0.15) is 5.82 Å². The van der Waals surface area contributed by atoms with Gasteiger partial charge in [-0.3, -0.25) is 9.59 Å². The van der Waals surface area contributed by atoms with Gasteiger partial charge in [-0.1, -0.05) is 24.3 Å². The van der Waals surface area contributed by atoms with Gasteiger partial charge in [0.05, 0.1) is 6.42 Å². The summed E-state index contributed by atoms with van der Waals surface area (Å²) < 4.78 is 24.4. The predicted octanol–water partition coefficient (Wildman–Crippen LogP) is 2.65. The van der Waals surface area contributed by atoms with Crippen molar-refractivity contribution in [1.29, 1.82) is 0 Å². The fourth-order valence-electron chi connectivity index (χ4n) is 3.69. The normalized spacial score (nSPS) is 16.0. The molecule has 0 bridgehead atoms. The minimum atomic E-state index is -0.362. The van der Waals surface area contributed by atoms with Crippen LogP contribution in [0.1, 0.15) is 24.0 Å². The highest BCUT2D eigenvalue weighted by atomic mass is 19.1. The van der Waals surface area contributed by atoms with Gasteiger partial charge in [0.15, 0.2) is 11.5 Å². The Labute approximate surface area is 168 Å². The Kier molecular flexibility index (Phi) is 5.64. The Morgan fingerprint density at radius 2 is 1.83 bits per heavy atom. The van der Waals surface area contributed by atoms with E-state index in [4.69, 9.17) is 9.47 Å². The van der Waals surface area contributed by atoms with Crippen LogP contribution in [0.15, 0.2) is 42.5 Å². The average Bonchev–Trinajstić information content (AvgIpc) is 3.21. The lowest BCUT2D eigenvalue weighted by Gasteiger charge is -2.31. The summed E-state index contributed by atoms with van der Waals surface area (Å²) in [5, 5.41) is 2.96. The Balaban J connectivity index is 1.24. The van der Waals surface area contributed by atoms with Crippen LogP contribution in [-0.4, -0.2) is 36.6 Å². The van der Waals surface area contributed by atoms with E-state index in [9.17, 15) is 14.0 Å². The average molecular weight is 398 g/mol. The second kappa shape index (κ2) is 8.51. The molecule has 0 spiro atoms. The molecule has 2 aromatic carbocycles. The molecule has 0 radical (unpaired) electrons. The molecule has 29 heavy (non-hydrogen) atoms. The lowest BCUT2D eigenvalue weighted by molar-refractivity contribution is -0.135. The summed E-state index contributed by atoms with van der Waals surface area (Å²) in [5.41, 5.74) is 1.35. The molecule has 2 heterocycles. The van der Waals surface area contributed by atoms with Gasteiger partial charge in [0.25, 0.3) is 0 Å². The molecule has 1 N–H and O–H groups in total. The Morgan fingerprint density at radius 1 is 1.07 bits per heavy atom. The van der Waals surface area contributed by atoms with Crippen LogP contribution in [0.5, 0.6) is 11.5 Å². The molecular formula is C22H23FN2O4. The van der Waals surface area contributed by atoms with Crippen LogP contribution in [0, 0.1) is 11.7 Å². The summed E-state index contributed by atoms with van der Waals surface area (Å²) in [6.07, 6.45) is 1.26.